The fourth-order valence-electron chi connectivity index (χ4n) is 2.01. The molecular weight excluding hydrogens is 306 g/mol. The average molecular weight is 323 g/mol. The molecule has 0 saturated carbocycles. The van der Waals surface area contributed by atoms with Crippen LogP contribution in [0.4, 0.5) is 0 Å². The minimum Gasteiger partial charge on any atom is -0.295 e. The molecule has 2 rings (SSSR count). The van der Waals surface area contributed by atoms with Crippen LogP contribution in [0.3, 0.4) is 0 Å². The fourth-order valence-corrected chi connectivity index (χ4v) is 3.93. The SMILES string of the molecule is CC(=O)c1ccc(S(=O)(=O)NC(C)Cc2ccsc2)cc1. The van der Waals surface area contributed by atoms with E-state index in [1.165, 1.54) is 31.2 Å². The summed E-state index contributed by atoms with van der Waals surface area (Å²) in [6, 6.07) is 7.75. The van der Waals surface area contributed by atoms with E-state index in [-0.39, 0.29) is 16.7 Å². The van der Waals surface area contributed by atoms with Gasteiger partial charge in [-0.1, -0.05) is 12.1 Å². The van der Waals surface area contributed by atoms with Crippen LogP contribution in [0.2, 0.25) is 0 Å². The van der Waals surface area contributed by atoms with Crippen LogP contribution in [0.15, 0.2) is 46.0 Å². The number of nitrogens with one attached hydrogen (secondary N) is 1. The molecule has 0 bridgehead atoms. The summed E-state index contributed by atoms with van der Waals surface area (Å²) in [6.45, 7) is 3.28. The maximum absolute atomic E-state index is 12.3. The quantitative estimate of drug-likeness (QED) is 0.832. The molecule has 0 amide bonds. The molecule has 4 nitrogen and oxygen atoms in total. The topological polar surface area (TPSA) is 63.2 Å². The summed E-state index contributed by atoms with van der Waals surface area (Å²) in [5.74, 6) is -0.0854. The number of benzene rings is 1. The van der Waals surface area contributed by atoms with Gasteiger partial charge in [0.1, 0.15) is 0 Å². The number of Topliss-reactive ketones (excluding diaryl/α,β-unsaturated/α-hetero) is 1. The van der Waals surface area contributed by atoms with E-state index in [1.54, 1.807) is 11.3 Å². The zero-order valence-electron chi connectivity index (χ0n) is 11.9. The molecule has 1 aromatic carbocycles. The predicted molar refractivity (Wildman–Crippen MR) is 84.3 cm³/mol. The second-order valence-corrected chi connectivity index (χ2v) is 7.43. The Morgan fingerprint density at radius 1 is 1.24 bits per heavy atom. The third-order valence-electron chi connectivity index (χ3n) is 3.05. The lowest BCUT2D eigenvalue weighted by Gasteiger charge is -2.13. The third kappa shape index (κ3) is 4.23. The summed E-state index contributed by atoms with van der Waals surface area (Å²) in [5.41, 5.74) is 1.61. The van der Waals surface area contributed by atoms with E-state index in [1.807, 2.05) is 23.8 Å². The molecule has 1 heterocycles. The summed E-state index contributed by atoms with van der Waals surface area (Å²) >= 11 is 1.59. The van der Waals surface area contributed by atoms with Crippen LogP contribution in [-0.4, -0.2) is 20.2 Å². The van der Waals surface area contributed by atoms with E-state index in [0.717, 1.165) is 5.56 Å². The van der Waals surface area contributed by atoms with Gasteiger partial charge in [-0.2, -0.15) is 11.3 Å². The molecule has 0 aliphatic heterocycles. The van der Waals surface area contributed by atoms with E-state index in [4.69, 9.17) is 0 Å². The maximum atomic E-state index is 12.3. The van der Waals surface area contributed by atoms with Crippen LogP contribution in [0.5, 0.6) is 0 Å². The molecule has 1 N–H and O–H groups in total. The summed E-state index contributed by atoms with van der Waals surface area (Å²) < 4.78 is 27.2. The van der Waals surface area contributed by atoms with Crippen molar-refractivity contribution in [2.24, 2.45) is 0 Å². The molecule has 0 saturated heterocycles. The second-order valence-electron chi connectivity index (χ2n) is 4.94. The molecule has 0 aliphatic carbocycles. The van der Waals surface area contributed by atoms with Gasteiger partial charge in [-0.15, -0.1) is 0 Å². The highest BCUT2D eigenvalue weighted by Gasteiger charge is 2.17. The first-order valence-electron chi connectivity index (χ1n) is 6.53. The summed E-state index contributed by atoms with van der Waals surface area (Å²) in [5, 5.41) is 3.98. The summed E-state index contributed by atoms with van der Waals surface area (Å²) in [6.07, 6.45) is 0.647. The van der Waals surface area contributed by atoms with E-state index in [9.17, 15) is 13.2 Å². The number of rotatable bonds is 6. The molecule has 1 unspecified atom stereocenters. The van der Waals surface area contributed by atoms with Crippen molar-refractivity contribution >= 4 is 27.1 Å². The first-order valence-corrected chi connectivity index (χ1v) is 8.95. The van der Waals surface area contributed by atoms with E-state index in [0.29, 0.717) is 12.0 Å². The van der Waals surface area contributed by atoms with Crippen molar-refractivity contribution in [2.45, 2.75) is 31.2 Å². The summed E-state index contributed by atoms with van der Waals surface area (Å²) in [7, 11) is -3.56. The van der Waals surface area contributed by atoms with E-state index >= 15 is 0 Å². The van der Waals surface area contributed by atoms with E-state index < -0.39 is 10.0 Å². The van der Waals surface area contributed by atoms with Gasteiger partial charge in [0.05, 0.1) is 4.90 Å². The largest absolute Gasteiger partial charge is 0.295 e. The first-order chi connectivity index (χ1) is 9.88. The van der Waals surface area contributed by atoms with Crippen molar-refractivity contribution in [1.29, 1.82) is 0 Å². The highest BCUT2D eigenvalue weighted by atomic mass is 32.2. The molecule has 0 aliphatic rings. The summed E-state index contributed by atoms with van der Waals surface area (Å²) in [4.78, 5) is 11.4. The lowest BCUT2D eigenvalue weighted by molar-refractivity contribution is 0.101. The van der Waals surface area contributed by atoms with Gasteiger partial charge >= 0.3 is 0 Å². The standard InChI is InChI=1S/C15H17NO3S2/c1-11(9-13-7-8-20-10-13)16-21(18,19)15-5-3-14(4-6-15)12(2)17/h3-8,10-11,16H,9H2,1-2H3. The number of hydrogen-bond donors (Lipinski definition) is 1. The molecule has 0 fully saturated rings. The van der Waals surface area contributed by atoms with Crippen LogP contribution >= 0.6 is 11.3 Å². The first kappa shape index (κ1) is 15.9. The number of carbonyl (C=O) groups excluding carboxylic acids is 1. The van der Waals surface area contributed by atoms with Gasteiger partial charge in [0, 0.05) is 11.6 Å². The van der Waals surface area contributed by atoms with Gasteiger partial charge < -0.3 is 0 Å². The number of carbonyl (C=O) groups is 1. The molecule has 112 valence electrons. The van der Waals surface area contributed by atoms with Gasteiger partial charge in [0.25, 0.3) is 0 Å². The van der Waals surface area contributed by atoms with Gasteiger partial charge in [-0.05, 0) is 54.8 Å². The lowest BCUT2D eigenvalue weighted by Crippen LogP contribution is -2.34. The number of ketones is 1. The van der Waals surface area contributed by atoms with Crippen molar-refractivity contribution in [1.82, 2.24) is 4.72 Å². The van der Waals surface area contributed by atoms with Crippen LogP contribution < -0.4 is 4.72 Å². The van der Waals surface area contributed by atoms with Gasteiger partial charge in [0.15, 0.2) is 5.78 Å². The smallest absolute Gasteiger partial charge is 0.240 e. The minimum atomic E-state index is -3.56. The van der Waals surface area contributed by atoms with Crippen LogP contribution in [0.25, 0.3) is 0 Å². The van der Waals surface area contributed by atoms with Crippen molar-refractivity contribution in [2.75, 3.05) is 0 Å². The minimum absolute atomic E-state index is 0.0854. The van der Waals surface area contributed by atoms with Crippen molar-refractivity contribution < 1.29 is 13.2 Å². The fraction of sp³-hybridized carbons (Fsp3) is 0.267. The molecule has 1 atom stereocenters. The number of thiophene rings is 1. The van der Waals surface area contributed by atoms with Crippen molar-refractivity contribution in [3.63, 3.8) is 0 Å². The van der Waals surface area contributed by atoms with Crippen LogP contribution in [0, 0.1) is 0 Å². The molecule has 0 radical (unpaired) electrons. The van der Waals surface area contributed by atoms with Crippen molar-refractivity contribution in [3.8, 4) is 0 Å². The lowest BCUT2D eigenvalue weighted by atomic mass is 10.1. The number of sulfonamides is 1. The maximum Gasteiger partial charge on any atom is 0.240 e. The zero-order chi connectivity index (χ0) is 15.5. The molecule has 6 heteroatoms. The van der Waals surface area contributed by atoms with Gasteiger partial charge in [-0.3, -0.25) is 4.79 Å². The van der Waals surface area contributed by atoms with Gasteiger partial charge in [-0.25, -0.2) is 13.1 Å². The number of hydrogen-bond acceptors (Lipinski definition) is 4. The molecule has 21 heavy (non-hydrogen) atoms. The van der Waals surface area contributed by atoms with Crippen LogP contribution in [-0.2, 0) is 16.4 Å². The molecule has 0 spiro atoms. The predicted octanol–water partition coefficient (Wildman–Crippen LogP) is 2.86. The molecule has 2 aromatic rings. The highest BCUT2D eigenvalue weighted by Crippen LogP contribution is 2.13. The average Bonchev–Trinajstić information content (AvgIpc) is 2.90. The van der Waals surface area contributed by atoms with E-state index in [2.05, 4.69) is 4.72 Å². The Bertz CT molecular complexity index is 704. The monoisotopic (exact) mass is 323 g/mol. The normalized spacial score (nSPS) is 13.0. The highest BCUT2D eigenvalue weighted by molar-refractivity contribution is 7.89. The Kier molecular flexibility index (Phi) is 4.92. The Hall–Kier alpha value is -1.50. The molecular formula is C15H17NO3S2. The Morgan fingerprint density at radius 2 is 1.90 bits per heavy atom. The van der Waals surface area contributed by atoms with Crippen LogP contribution in [0.1, 0.15) is 29.8 Å². The van der Waals surface area contributed by atoms with Gasteiger partial charge in [0.2, 0.25) is 10.0 Å². The second kappa shape index (κ2) is 6.51. The Labute approximate surface area is 128 Å². The Morgan fingerprint density at radius 3 is 2.43 bits per heavy atom. The van der Waals surface area contributed by atoms with Crippen molar-refractivity contribution in [3.05, 3.63) is 52.2 Å². The third-order valence-corrected chi connectivity index (χ3v) is 5.39. The Balaban J connectivity index is 2.08. The zero-order valence-corrected chi connectivity index (χ0v) is 13.5. The molecule has 1 aromatic heterocycles.